The van der Waals surface area contributed by atoms with Gasteiger partial charge in [0.2, 0.25) is 0 Å². The number of hydrazone groups is 1. The highest BCUT2D eigenvalue weighted by atomic mass is 79.9. The van der Waals surface area contributed by atoms with Crippen molar-refractivity contribution in [2.75, 3.05) is 6.61 Å². The lowest BCUT2D eigenvalue weighted by Gasteiger charge is -2.36. The van der Waals surface area contributed by atoms with E-state index in [0.29, 0.717) is 0 Å². The van der Waals surface area contributed by atoms with Crippen LogP contribution in [-0.2, 0) is 4.74 Å². The normalized spacial score (nSPS) is 35.8. The second kappa shape index (κ2) is 4.99. The zero-order chi connectivity index (χ0) is 12.7. The van der Waals surface area contributed by atoms with Gasteiger partial charge < -0.3 is 4.74 Å². The number of hydrogen-bond acceptors (Lipinski definition) is 3. The average molecular weight is 332 g/mol. The highest BCUT2D eigenvalue weighted by molar-refractivity contribution is 9.11. The standard InChI is InChI=1S/C13H16BrClN2O/c1-8-6-10-9(12(14)13(8)15)7-16-17(10)11-4-2-3-5-18-11/h6-7,9-11H,2-5H2,1H3. The molecular formula is C13H16BrClN2O. The predicted molar refractivity (Wildman–Crippen MR) is 76.8 cm³/mol. The van der Waals surface area contributed by atoms with E-state index in [-0.39, 0.29) is 18.2 Å². The van der Waals surface area contributed by atoms with Crippen molar-refractivity contribution in [2.45, 2.75) is 38.5 Å². The van der Waals surface area contributed by atoms with E-state index in [1.54, 1.807) is 0 Å². The van der Waals surface area contributed by atoms with Gasteiger partial charge in [-0.3, -0.25) is 5.01 Å². The summed E-state index contributed by atoms with van der Waals surface area (Å²) in [5.74, 6) is 0.228. The van der Waals surface area contributed by atoms with Crippen molar-refractivity contribution in [1.82, 2.24) is 5.01 Å². The summed E-state index contributed by atoms with van der Waals surface area (Å²) in [4.78, 5) is 0. The van der Waals surface area contributed by atoms with Gasteiger partial charge in [0.15, 0.2) is 0 Å². The molecule has 18 heavy (non-hydrogen) atoms. The molecule has 0 N–H and O–H groups in total. The summed E-state index contributed by atoms with van der Waals surface area (Å²) in [5.41, 5.74) is 1.11. The fourth-order valence-electron chi connectivity index (χ4n) is 2.74. The molecular weight excluding hydrogens is 316 g/mol. The predicted octanol–water partition coefficient (Wildman–Crippen LogP) is 3.60. The van der Waals surface area contributed by atoms with E-state index >= 15 is 0 Å². The minimum Gasteiger partial charge on any atom is -0.357 e. The molecule has 0 aromatic heterocycles. The van der Waals surface area contributed by atoms with Crippen LogP contribution in [0.5, 0.6) is 0 Å². The van der Waals surface area contributed by atoms with Crippen LogP contribution in [0.25, 0.3) is 0 Å². The Kier molecular flexibility index (Phi) is 3.52. The van der Waals surface area contributed by atoms with Crippen molar-refractivity contribution in [2.24, 2.45) is 11.0 Å². The largest absolute Gasteiger partial charge is 0.357 e. The fourth-order valence-corrected chi connectivity index (χ4v) is 3.63. The Balaban J connectivity index is 1.84. The van der Waals surface area contributed by atoms with Crippen LogP contribution in [0.4, 0.5) is 0 Å². The van der Waals surface area contributed by atoms with Crippen LogP contribution in [0.15, 0.2) is 26.3 Å². The number of fused-ring (bicyclic) bond motifs is 1. The molecule has 98 valence electrons. The Morgan fingerprint density at radius 1 is 1.50 bits per heavy atom. The summed E-state index contributed by atoms with van der Waals surface area (Å²) in [6, 6.07) is 0.241. The lowest BCUT2D eigenvalue weighted by atomic mass is 9.93. The first-order valence-corrected chi connectivity index (χ1v) is 7.53. The Labute approximate surface area is 121 Å². The first-order valence-electron chi connectivity index (χ1n) is 6.36. The van der Waals surface area contributed by atoms with Gasteiger partial charge in [-0.25, -0.2) is 0 Å². The Bertz CT molecular complexity index is 440. The Morgan fingerprint density at radius 2 is 2.33 bits per heavy atom. The SMILES string of the molecule is CC1=CC2C(C=NN2C2CCCCO2)C(Br)=C1Cl. The molecule has 3 aliphatic rings. The Hall–Kier alpha value is -0.320. The molecule has 5 heteroatoms. The van der Waals surface area contributed by atoms with Crippen LogP contribution in [0.3, 0.4) is 0 Å². The van der Waals surface area contributed by atoms with E-state index in [2.05, 4.69) is 32.1 Å². The summed E-state index contributed by atoms with van der Waals surface area (Å²) >= 11 is 9.87. The first kappa shape index (κ1) is 12.7. The topological polar surface area (TPSA) is 24.8 Å². The van der Waals surface area contributed by atoms with Crippen molar-refractivity contribution in [3.05, 3.63) is 21.2 Å². The molecule has 3 rings (SSSR count). The van der Waals surface area contributed by atoms with Gasteiger partial charge in [-0.05, 0) is 31.8 Å². The van der Waals surface area contributed by atoms with Crippen LogP contribution in [-0.4, -0.2) is 30.1 Å². The maximum Gasteiger partial charge on any atom is 0.146 e. The summed E-state index contributed by atoms with van der Waals surface area (Å²) in [5, 5.41) is 7.45. The van der Waals surface area contributed by atoms with Crippen LogP contribution in [0.1, 0.15) is 26.2 Å². The molecule has 3 atom stereocenters. The van der Waals surface area contributed by atoms with Crippen LogP contribution < -0.4 is 0 Å². The second-order valence-electron chi connectivity index (χ2n) is 4.99. The number of ether oxygens (including phenoxy) is 1. The minimum atomic E-state index is 0.117. The average Bonchev–Trinajstić information content (AvgIpc) is 2.81. The van der Waals surface area contributed by atoms with Gasteiger partial charge in [0.1, 0.15) is 6.23 Å². The monoisotopic (exact) mass is 330 g/mol. The smallest absolute Gasteiger partial charge is 0.146 e. The number of nitrogens with zero attached hydrogens (tertiary/aromatic N) is 2. The molecule has 0 saturated carbocycles. The molecule has 2 heterocycles. The number of rotatable bonds is 1. The molecule has 0 radical (unpaired) electrons. The van der Waals surface area contributed by atoms with Crippen molar-refractivity contribution in [1.29, 1.82) is 0 Å². The van der Waals surface area contributed by atoms with Crippen molar-refractivity contribution >= 4 is 33.7 Å². The molecule has 0 aromatic rings. The van der Waals surface area contributed by atoms with Crippen molar-refractivity contribution in [3.63, 3.8) is 0 Å². The summed E-state index contributed by atoms with van der Waals surface area (Å²) in [7, 11) is 0. The maximum atomic E-state index is 6.27. The fraction of sp³-hybridized carbons (Fsp3) is 0.615. The molecule has 2 aliphatic heterocycles. The third-order valence-electron chi connectivity index (χ3n) is 3.75. The van der Waals surface area contributed by atoms with Gasteiger partial charge in [-0.1, -0.05) is 33.6 Å². The van der Waals surface area contributed by atoms with Crippen LogP contribution >= 0.6 is 27.5 Å². The van der Waals surface area contributed by atoms with Gasteiger partial charge in [-0.15, -0.1) is 0 Å². The quantitative estimate of drug-likeness (QED) is 0.733. The van der Waals surface area contributed by atoms with Gasteiger partial charge in [0.05, 0.1) is 17.0 Å². The molecule has 0 amide bonds. The minimum absolute atomic E-state index is 0.117. The lowest BCUT2D eigenvalue weighted by Crippen LogP contribution is -2.42. The zero-order valence-corrected chi connectivity index (χ0v) is 12.6. The summed E-state index contributed by atoms with van der Waals surface area (Å²) in [6.45, 7) is 2.88. The van der Waals surface area contributed by atoms with Gasteiger partial charge >= 0.3 is 0 Å². The highest BCUT2D eigenvalue weighted by Crippen LogP contribution is 2.41. The summed E-state index contributed by atoms with van der Waals surface area (Å²) in [6.07, 6.45) is 7.72. The van der Waals surface area contributed by atoms with Gasteiger partial charge in [-0.2, -0.15) is 5.10 Å². The molecule has 1 saturated heterocycles. The Morgan fingerprint density at radius 3 is 3.06 bits per heavy atom. The van der Waals surface area contributed by atoms with E-state index in [9.17, 15) is 0 Å². The molecule has 1 aliphatic carbocycles. The van der Waals surface area contributed by atoms with Crippen LogP contribution in [0, 0.1) is 5.92 Å². The first-order chi connectivity index (χ1) is 8.68. The summed E-state index contributed by atoms with van der Waals surface area (Å²) < 4.78 is 6.86. The van der Waals surface area contributed by atoms with E-state index in [1.807, 2.05) is 13.1 Å². The van der Waals surface area contributed by atoms with Gasteiger partial charge in [0.25, 0.3) is 0 Å². The number of halogens is 2. The molecule has 3 unspecified atom stereocenters. The van der Waals surface area contributed by atoms with E-state index in [0.717, 1.165) is 34.5 Å². The molecule has 0 aromatic carbocycles. The van der Waals surface area contributed by atoms with Crippen molar-refractivity contribution < 1.29 is 4.74 Å². The number of hydrogen-bond donors (Lipinski definition) is 0. The van der Waals surface area contributed by atoms with Crippen molar-refractivity contribution in [3.8, 4) is 0 Å². The third kappa shape index (κ3) is 2.04. The van der Waals surface area contributed by atoms with E-state index in [4.69, 9.17) is 16.3 Å². The molecule has 0 spiro atoms. The molecule has 1 fully saturated rings. The van der Waals surface area contributed by atoms with Gasteiger partial charge in [0, 0.05) is 17.3 Å². The second-order valence-corrected chi connectivity index (χ2v) is 6.23. The maximum absolute atomic E-state index is 6.27. The number of allylic oxidation sites excluding steroid dienone is 2. The lowest BCUT2D eigenvalue weighted by molar-refractivity contribution is -0.0930. The third-order valence-corrected chi connectivity index (χ3v) is 5.41. The van der Waals surface area contributed by atoms with E-state index in [1.165, 1.54) is 6.42 Å². The zero-order valence-electron chi connectivity index (χ0n) is 10.3. The molecule has 0 bridgehead atoms. The highest BCUT2D eigenvalue weighted by Gasteiger charge is 2.39. The molecule has 3 nitrogen and oxygen atoms in total. The van der Waals surface area contributed by atoms with E-state index < -0.39 is 0 Å². The van der Waals surface area contributed by atoms with Crippen LogP contribution in [0.2, 0.25) is 0 Å².